The highest BCUT2D eigenvalue weighted by Gasteiger charge is 2.23. The van der Waals surface area contributed by atoms with Crippen molar-refractivity contribution < 1.29 is 9.90 Å². The predicted molar refractivity (Wildman–Crippen MR) is 75.3 cm³/mol. The zero-order chi connectivity index (χ0) is 13.0. The highest BCUT2D eigenvalue weighted by Crippen LogP contribution is 2.23. The number of carboxylic acid groups (broad SMARTS) is 1. The number of rotatable bonds is 4. The molecule has 2 rings (SSSR count). The van der Waals surface area contributed by atoms with E-state index in [0.29, 0.717) is 12.1 Å². The van der Waals surface area contributed by atoms with E-state index in [4.69, 9.17) is 0 Å². The van der Waals surface area contributed by atoms with Crippen LogP contribution in [0.1, 0.15) is 17.2 Å². The molecule has 92 valence electrons. The summed E-state index contributed by atoms with van der Waals surface area (Å²) < 4.78 is 0.776. The van der Waals surface area contributed by atoms with Crippen molar-refractivity contribution >= 4 is 28.6 Å². The molecule has 0 saturated heterocycles. The van der Waals surface area contributed by atoms with Crippen LogP contribution >= 0.6 is 22.6 Å². The molecule has 0 aliphatic rings. The molecule has 1 unspecified atom stereocenters. The van der Waals surface area contributed by atoms with Crippen LogP contribution < -0.4 is 0 Å². The minimum atomic E-state index is -0.865. The number of carbonyl (C=O) groups is 1. The number of benzene rings is 1. The van der Waals surface area contributed by atoms with Crippen molar-refractivity contribution in [2.75, 3.05) is 0 Å². The fraction of sp³-hybridized carbons (Fsp3) is 0.154. The zero-order valence-electron chi connectivity index (χ0n) is 9.45. The monoisotopic (exact) mass is 354 g/mol. The molecule has 1 atom stereocenters. The van der Waals surface area contributed by atoms with Gasteiger partial charge in [0.05, 0.1) is 9.26 Å². The third-order valence-electron chi connectivity index (χ3n) is 2.61. The molecule has 18 heavy (non-hydrogen) atoms. The molecule has 0 amide bonds. The molecule has 1 aromatic carbocycles. The number of nitrogens with zero attached hydrogens (tertiary/aromatic N) is 2. The lowest BCUT2D eigenvalue weighted by Gasteiger charge is -2.13. The summed E-state index contributed by atoms with van der Waals surface area (Å²) in [5.74, 6) is -1.50. The van der Waals surface area contributed by atoms with Gasteiger partial charge in [0.2, 0.25) is 0 Å². The SMILES string of the molecule is O=C(O)C(Cc1ccccc1)c1ncncc1I. The second kappa shape index (κ2) is 5.90. The molecule has 0 fully saturated rings. The molecule has 0 radical (unpaired) electrons. The Labute approximate surface area is 118 Å². The van der Waals surface area contributed by atoms with E-state index in [2.05, 4.69) is 32.6 Å². The Kier molecular flexibility index (Phi) is 4.24. The third-order valence-corrected chi connectivity index (χ3v) is 3.44. The molecule has 0 saturated carbocycles. The largest absolute Gasteiger partial charge is 0.481 e. The number of aliphatic carboxylic acids is 1. The Balaban J connectivity index is 2.30. The summed E-state index contributed by atoms with van der Waals surface area (Å²) in [6.45, 7) is 0. The van der Waals surface area contributed by atoms with E-state index in [1.54, 1.807) is 6.20 Å². The summed E-state index contributed by atoms with van der Waals surface area (Å²) in [6, 6.07) is 9.56. The lowest BCUT2D eigenvalue weighted by molar-refractivity contribution is -0.138. The van der Waals surface area contributed by atoms with Crippen molar-refractivity contribution in [1.29, 1.82) is 0 Å². The number of aromatic nitrogens is 2. The van der Waals surface area contributed by atoms with Gasteiger partial charge >= 0.3 is 5.97 Å². The molecule has 0 aliphatic carbocycles. The fourth-order valence-corrected chi connectivity index (χ4v) is 2.41. The van der Waals surface area contributed by atoms with Crippen molar-refractivity contribution in [3.8, 4) is 0 Å². The van der Waals surface area contributed by atoms with E-state index in [0.717, 1.165) is 9.13 Å². The minimum Gasteiger partial charge on any atom is -0.481 e. The summed E-state index contributed by atoms with van der Waals surface area (Å²) in [5.41, 5.74) is 1.56. The van der Waals surface area contributed by atoms with Crippen molar-refractivity contribution in [3.05, 3.63) is 57.7 Å². The Hall–Kier alpha value is -1.50. The summed E-state index contributed by atoms with van der Waals surface area (Å²) in [6.07, 6.45) is 3.45. The highest BCUT2D eigenvalue weighted by atomic mass is 127. The molecule has 0 spiro atoms. The summed E-state index contributed by atoms with van der Waals surface area (Å²) in [5, 5.41) is 9.35. The van der Waals surface area contributed by atoms with Gasteiger partial charge in [0.25, 0.3) is 0 Å². The number of hydrogen-bond donors (Lipinski definition) is 1. The van der Waals surface area contributed by atoms with Crippen LogP contribution in [0.5, 0.6) is 0 Å². The van der Waals surface area contributed by atoms with Gasteiger partial charge in [-0.3, -0.25) is 4.79 Å². The van der Waals surface area contributed by atoms with E-state index in [1.807, 2.05) is 30.3 Å². The van der Waals surface area contributed by atoms with Gasteiger partial charge in [-0.1, -0.05) is 30.3 Å². The Bertz CT molecular complexity index is 546. The van der Waals surface area contributed by atoms with Gasteiger partial charge in [-0.15, -0.1) is 0 Å². The molecule has 1 N–H and O–H groups in total. The zero-order valence-corrected chi connectivity index (χ0v) is 11.6. The van der Waals surface area contributed by atoms with Crippen LogP contribution in [0.15, 0.2) is 42.9 Å². The molecule has 2 aromatic rings. The van der Waals surface area contributed by atoms with E-state index in [9.17, 15) is 9.90 Å². The van der Waals surface area contributed by atoms with E-state index in [1.165, 1.54) is 6.33 Å². The smallest absolute Gasteiger partial charge is 0.312 e. The average molecular weight is 354 g/mol. The summed E-state index contributed by atoms with van der Waals surface area (Å²) >= 11 is 2.06. The van der Waals surface area contributed by atoms with Crippen molar-refractivity contribution in [3.63, 3.8) is 0 Å². The molecular formula is C13H11IN2O2. The van der Waals surface area contributed by atoms with Crippen LogP contribution in [0, 0.1) is 3.57 Å². The van der Waals surface area contributed by atoms with Gasteiger partial charge in [-0.25, -0.2) is 9.97 Å². The van der Waals surface area contributed by atoms with Crippen LogP contribution in [-0.2, 0) is 11.2 Å². The van der Waals surface area contributed by atoms with Crippen molar-refractivity contribution in [2.45, 2.75) is 12.3 Å². The topological polar surface area (TPSA) is 63.1 Å². The van der Waals surface area contributed by atoms with Gasteiger partial charge < -0.3 is 5.11 Å². The molecular weight excluding hydrogens is 343 g/mol. The van der Waals surface area contributed by atoms with Crippen LogP contribution in [0.25, 0.3) is 0 Å². The van der Waals surface area contributed by atoms with Crippen LogP contribution in [0.2, 0.25) is 0 Å². The van der Waals surface area contributed by atoms with E-state index < -0.39 is 11.9 Å². The minimum absolute atomic E-state index is 0.434. The first-order valence-corrected chi connectivity index (χ1v) is 6.48. The Morgan fingerprint density at radius 2 is 2.06 bits per heavy atom. The van der Waals surface area contributed by atoms with Gasteiger partial charge in [0.1, 0.15) is 12.2 Å². The number of hydrogen-bond acceptors (Lipinski definition) is 3. The highest BCUT2D eigenvalue weighted by molar-refractivity contribution is 14.1. The maximum Gasteiger partial charge on any atom is 0.312 e. The first-order chi connectivity index (χ1) is 8.68. The maximum atomic E-state index is 11.4. The van der Waals surface area contributed by atoms with Gasteiger partial charge in [0, 0.05) is 6.20 Å². The first kappa shape index (κ1) is 12.9. The van der Waals surface area contributed by atoms with E-state index >= 15 is 0 Å². The number of carboxylic acids is 1. The second-order valence-electron chi connectivity index (χ2n) is 3.84. The summed E-state index contributed by atoms with van der Waals surface area (Å²) in [4.78, 5) is 19.4. The lowest BCUT2D eigenvalue weighted by Crippen LogP contribution is -2.17. The first-order valence-electron chi connectivity index (χ1n) is 5.40. The Morgan fingerprint density at radius 3 is 2.67 bits per heavy atom. The fourth-order valence-electron chi connectivity index (χ4n) is 1.73. The normalized spacial score (nSPS) is 12.1. The lowest BCUT2D eigenvalue weighted by atomic mass is 9.96. The molecule has 0 aliphatic heterocycles. The van der Waals surface area contributed by atoms with Crippen LogP contribution in [0.3, 0.4) is 0 Å². The van der Waals surface area contributed by atoms with Gasteiger partial charge in [-0.2, -0.15) is 0 Å². The maximum absolute atomic E-state index is 11.4. The average Bonchev–Trinajstić information content (AvgIpc) is 2.38. The Morgan fingerprint density at radius 1 is 1.33 bits per heavy atom. The van der Waals surface area contributed by atoms with Gasteiger partial charge in [-0.05, 0) is 34.6 Å². The standard InChI is InChI=1S/C13H11IN2O2/c14-11-7-15-8-16-12(11)10(13(17)18)6-9-4-2-1-3-5-9/h1-5,7-8,10H,6H2,(H,17,18). The molecule has 0 bridgehead atoms. The van der Waals surface area contributed by atoms with Crippen molar-refractivity contribution in [2.24, 2.45) is 0 Å². The molecule has 1 aromatic heterocycles. The van der Waals surface area contributed by atoms with Crippen LogP contribution in [0.4, 0.5) is 0 Å². The number of halogens is 1. The second-order valence-corrected chi connectivity index (χ2v) is 5.00. The van der Waals surface area contributed by atoms with Crippen LogP contribution in [-0.4, -0.2) is 21.0 Å². The predicted octanol–water partition coefficient (Wildman–Crippen LogP) is 2.49. The quantitative estimate of drug-likeness (QED) is 0.857. The van der Waals surface area contributed by atoms with E-state index in [-0.39, 0.29) is 0 Å². The third kappa shape index (κ3) is 3.04. The molecule has 4 nitrogen and oxygen atoms in total. The van der Waals surface area contributed by atoms with Gasteiger partial charge in [0.15, 0.2) is 0 Å². The molecule has 5 heteroatoms. The summed E-state index contributed by atoms with van der Waals surface area (Å²) in [7, 11) is 0. The molecule has 1 heterocycles. The van der Waals surface area contributed by atoms with Crippen molar-refractivity contribution in [1.82, 2.24) is 9.97 Å².